The number of carbonyl (C=O) groups is 3. The molecular weight excluding hydrogens is 424 g/mol. The summed E-state index contributed by atoms with van der Waals surface area (Å²) in [6, 6.07) is 14.1. The maximum atomic E-state index is 12.5. The van der Waals surface area contributed by atoms with Crippen molar-refractivity contribution in [1.82, 2.24) is 9.99 Å². The number of anilines is 2. The summed E-state index contributed by atoms with van der Waals surface area (Å²) in [7, 11) is 0. The van der Waals surface area contributed by atoms with Gasteiger partial charge in [-0.3, -0.25) is 25.1 Å². The van der Waals surface area contributed by atoms with E-state index >= 15 is 0 Å². The summed E-state index contributed by atoms with van der Waals surface area (Å²) in [4.78, 5) is 41.1. The first-order valence-electron chi connectivity index (χ1n) is 9.21. The summed E-state index contributed by atoms with van der Waals surface area (Å²) in [6.07, 6.45) is 2.78. The van der Waals surface area contributed by atoms with Gasteiger partial charge in [0.2, 0.25) is 11.8 Å². The molecule has 7 nitrogen and oxygen atoms in total. The zero-order chi connectivity index (χ0) is 21.1. The lowest BCUT2D eigenvalue weighted by molar-refractivity contribution is -0.136. The second-order valence-electron chi connectivity index (χ2n) is 6.67. The third-order valence-electron chi connectivity index (χ3n) is 4.54. The maximum Gasteiger partial charge on any atom is 0.257 e. The largest absolute Gasteiger partial charge is 0.298 e. The molecule has 9 heteroatoms. The van der Waals surface area contributed by atoms with Crippen LogP contribution in [0, 0.1) is 0 Å². The molecule has 0 bridgehead atoms. The highest BCUT2D eigenvalue weighted by atomic mass is 35.5. The van der Waals surface area contributed by atoms with Gasteiger partial charge in [-0.05, 0) is 35.9 Å². The van der Waals surface area contributed by atoms with E-state index in [1.807, 2.05) is 24.3 Å². The van der Waals surface area contributed by atoms with Crippen LogP contribution in [0.15, 0.2) is 54.7 Å². The Labute approximate surface area is 181 Å². The second-order valence-corrected chi connectivity index (χ2v) is 8.19. The first-order chi connectivity index (χ1) is 14.5. The minimum absolute atomic E-state index is 0.207. The van der Waals surface area contributed by atoms with E-state index in [9.17, 15) is 14.4 Å². The molecule has 2 aromatic carbocycles. The number of hydrogen-bond donors (Lipinski definition) is 2. The monoisotopic (exact) mass is 440 g/mol. The van der Waals surface area contributed by atoms with Crippen LogP contribution < -0.4 is 10.7 Å². The van der Waals surface area contributed by atoms with E-state index in [4.69, 9.17) is 11.6 Å². The van der Waals surface area contributed by atoms with Crippen molar-refractivity contribution in [2.45, 2.75) is 19.3 Å². The lowest BCUT2D eigenvalue weighted by atomic mass is 10.1. The Kier molecular flexibility index (Phi) is 5.78. The molecule has 0 radical (unpaired) electrons. The molecule has 1 fully saturated rings. The first-order valence-corrected chi connectivity index (χ1v) is 10.4. The van der Waals surface area contributed by atoms with Crippen LogP contribution in [0.2, 0.25) is 5.02 Å². The van der Waals surface area contributed by atoms with E-state index in [1.54, 1.807) is 30.5 Å². The molecule has 1 aliphatic heterocycles. The minimum atomic E-state index is -0.298. The minimum Gasteiger partial charge on any atom is -0.298 e. The molecule has 2 heterocycles. The smallest absolute Gasteiger partial charge is 0.257 e. The van der Waals surface area contributed by atoms with Crippen molar-refractivity contribution >= 4 is 51.5 Å². The molecular formula is C21H17ClN4O3S. The maximum absolute atomic E-state index is 12.5. The third-order valence-corrected chi connectivity index (χ3v) is 5.82. The first kappa shape index (κ1) is 20.1. The zero-order valence-electron chi connectivity index (χ0n) is 15.7. The Morgan fingerprint density at radius 1 is 1.07 bits per heavy atom. The number of carbonyl (C=O) groups excluding carboxylic acids is 3. The third kappa shape index (κ3) is 4.50. The van der Waals surface area contributed by atoms with Crippen molar-refractivity contribution in [1.29, 1.82) is 0 Å². The topological polar surface area (TPSA) is 91.4 Å². The number of halogens is 1. The summed E-state index contributed by atoms with van der Waals surface area (Å²) in [5.41, 5.74) is 4.75. The van der Waals surface area contributed by atoms with Gasteiger partial charge in [-0.25, -0.2) is 4.98 Å². The normalized spacial score (nSPS) is 13.6. The van der Waals surface area contributed by atoms with Crippen LogP contribution in [0.3, 0.4) is 0 Å². The van der Waals surface area contributed by atoms with Crippen LogP contribution >= 0.6 is 22.9 Å². The molecule has 2 N–H and O–H groups in total. The molecule has 0 atom stereocenters. The van der Waals surface area contributed by atoms with Gasteiger partial charge in [0.05, 0.1) is 5.69 Å². The molecule has 1 aromatic heterocycles. The van der Waals surface area contributed by atoms with E-state index in [1.165, 1.54) is 11.3 Å². The molecule has 0 unspecified atom stereocenters. The number of benzene rings is 2. The van der Waals surface area contributed by atoms with E-state index in [2.05, 4.69) is 15.7 Å². The van der Waals surface area contributed by atoms with Gasteiger partial charge in [-0.1, -0.05) is 29.8 Å². The van der Waals surface area contributed by atoms with Gasteiger partial charge >= 0.3 is 0 Å². The Balaban J connectivity index is 1.37. The number of rotatable bonds is 6. The zero-order valence-corrected chi connectivity index (χ0v) is 17.3. The Hall–Kier alpha value is -3.23. The SMILES string of the molecule is O=C(Nc1ncc(Cc2ccccc2Cl)s1)c1ccc(NN2C(=O)CCC2=O)cc1. The molecule has 30 heavy (non-hydrogen) atoms. The lowest BCUT2D eigenvalue weighted by Crippen LogP contribution is -2.34. The van der Waals surface area contributed by atoms with E-state index in [0.29, 0.717) is 27.8 Å². The molecule has 1 aliphatic rings. The Morgan fingerprint density at radius 2 is 1.77 bits per heavy atom. The van der Waals surface area contributed by atoms with Gasteiger partial charge in [0, 0.05) is 40.9 Å². The average molecular weight is 441 g/mol. The van der Waals surface area contributed by atoms with Crippen LogP contribution in [-0.4, -0.2) is 27.7 Å². The van der Waals surface area contributed by atoms with Crippen molar-refractivity contribution in [2.75, 3.05) is 10.7 Å². The molecule has 4 rings (SSSR count). The van der Waals surface area contributed by atoms with Gasteiger partial charge in [-0.15, -0.1) is 11.3 Å². The van der Waals surface area contributed by atoms with Gasteiger partial charge < -0.3 is 0 Å². The van der Waals surface area contributed by atoms with Gasteiger partial charge in [-0.2, -0.15) is 5.01 Å². The summed E-state index contributed by atoms with van der Waals surface area (Å²) in [5, 5.41) is 4.98. The Bertz CT molecular complexity index is 1100. The number of hydrazine groups is 1. The van der Waals surface area contributed by atoms with Gasteiger partial charge in [0.1, 0.15) is 0 Å². The molecule has 0 aliphatic carbocycles. The fourth-order valence-corrected chi connectivity index (χ4v) is 4.01. The number of nitrogens with one attached hydrogen (secondary N) is 2. The van der Waals surface area contributed by atoms with E-state index < -0.39 is 0 Å². The number of imide groups is 1. The fraction of sp³-hybridized carbons (Fsp3) is 0.143. The fourth-order valence-electron chi connectivity index (χ4n) is 2.97. The standard InChI is InChI=1S/C21H17ClN4O3S/c22-17-4-2-1-3-14(17)11-16-12-23-21(30-16)24-20(29)13-5-7-15(8-6-13)25-26-18(27)9-10-19(26)28/h1-8,12,25H,9-11H2,(H,23,24,29). The number of thiazole rings is 1. The highest BCUT2D eigenvalue weighted by Gasteiger charge is 2.29. The van der Waals surface area contributed by atoms with Crippen molar-refractivity contribution < 1.29 is 14.4 Å². The van der Waals surface area contributed by atoms with Crippen LogP contribution in [0.25, 0.3) is 0 Å². The summed E-state index contributed by atoms with van der Waals surface area (Å²) in [5.74, 6) is -0.829. The predicted molar refractivity (Wildman–Crippen MR) is 115 cm³/mol. The summed E-state index contributed by atoms with van der Waals surface area (Å²) in [6.45, 7) is 0. The van der Waals surface area contributed by atoms with Crippen LogP contribution in [0.1, 0.15) is 33.6 Å². The van der Waals surface area contributed by atoms with E-state index in [-0.39, 0.29) is 30.6 Å². The second kappa shape index (κ2) is 8.64. The molecule has 3 amide bonds. The highest BCUT2D eigenvalue weighted by Crippen LogP contribution is 2.25. The van der Waals surface area contributed by atoms with Crippen LogP contribution in [0.4, 0.5) is 10.8 Å². The van der Waals surface area contributed by atoms with Crippen molar-refractivity contribution in [3.05, 3.63) is 75.8 Å². The molecule has 152 valence electrons. The average Bonchev–Trinajstić information content (AvgIpc) is 3.31. The highest BCUT2D eigenvalue weighted by molar-refractivity contribution is 7.15. The number of aromatic nitrogens is 1. The van der Waals surface area contributed by atoms with Crippen molar-refractivity contribution in [3.63, 3.8) is 0 Å². The van der Waals surface area contributed by atoms with Crippen molar-refractivity contribution in [3.8, 4) is 0 Å². The van der Waals surface area contributed by atoms with Crippen LogP contribution in [0.5, 0.6) is 0 Å². The molecule has 0 saturated carbocycles. The summed E-state index contributed by atoms with van der Waals surface area (Å²) >= 11 is 7.59. The number of hydrogen-bond acceptors (Lipinski definition) is 6. The van der Waals surface area contributed by atoms with Crippen LogP contribution in [-0.2, 0) is 16.0 Å². The van der Waals surface area contributed by atoms with Crippen molar-refractivity contribution in [2.24, 2.45) is 0 Å². The predicted octanol–water partition coefficient (Wildman–Crippen LogP) is 4.12. The van der Waals surface area contributed by atoms with Gasteiger partial charge in [0.15, 0.2) is 5.13 Å². The van der Waals surface area contributed by atoms with Gasteiger partial charge in [0.25, 0.3) is 5.91 Å². The number of nitrogens with zero attached hydrogens (tertiary/aromatic N) is 2. The molecule has 3 aromatic rings. The lowest BCUT2D eigenvalue weighted by Gasteiger charge is -2.16. The summed E-state index contributed by atoms with van der Waals surface area (Å²) < 4.78 is 0. The quantitative estimate of drug-likeness (QED) is 0.563. The van der Waals surface area contributed by atoms with E-state index in [0.717, 1.165) is 15.4 Å². The molecule has 0 spiro atoms. The number of amides is 3. The Morgan fingerprint density at radius 3 is 2.47 bits per heavy atom. The molecule has 1 saturated heterocycles.